The molecule has 0 atom stereocenters. The molecule has 0 radical (unpaired) electrons. The van der Waals surface area contributed by atoms with Crippen LogP contribution < -0.4 is 9.64 Å². The summed E-state index contributed by atoms with van der Waals surface area (Å²) in [4.78, 5) is 2.18. The highest BCUT2D eigenvalue weighted by Gasteiger charge is 2.32. The lowest BCUT2D eigenvalue weighted by molar-refractivity contribution is 0.464. The van der Waals surface area contributed by atoms with Crippen LogP contribution in [-0.2, 0) is 0 Å². The molecule has 0 N–H and O–H groups in total. The van der Waals surface area contributed by atoms with Gasteiger partial charge < -0.3 is 9.15 Å². The third-order valence-electron chi connectivity index (χ3n) is 5.53. The Balaban J connectivity index is 1.67. The van der Waals surface area contributed by atoms with Crippen molar-refractivity contribution in [3.05, 3.63) is 103 Å². The van der Waals surface area contributed by atoms with Crippen molar-refractivity contribution >= 4 is 28.2 Å². The number of rotatable bonds is 2. The van der Waals surface area contributed by atoms with Gasteiger partial charge in [0, 0.05) is 5.56 Å². The maximum absolute atomic E-state index is 6.34. The van der Waals surface area contributed by atoms with Crippen molar-refractivity contribution in [2.75, 3.05) is 4.90 Å². The van der Waals surface area contributed by atoms with Gasteiger partial charge >= 0.3 is 0 Å². The number of hydrogen-bond acceptors (Lipinski definition) is 3. The molecule has 3 heteroatoms. The third-order valence-corrected chi connectivity index (χ3v) is 5.53. The maximum atomic E-state index is 6.34. The van der Waals surface area contributed by atoms with Crippen molar-refractivity contribution in [1.82, 2.24) is 0 Å². The average molecular weight is 389 g/mol. The average Bonchev–Trinajstić information content (AvgIpc) is 3.16. The second-order valence-electron chi connectivity index (χ2n) is 7.52. The van der Waals surface area contributed by atoms with Crippen LogP contribution >= 0.6 is 0 Å². The van der Waals surface area contributed by atoms with Crippen LogP contribution in [0.15, 0.2) is 101 Å². The second kappa shape index (κ2) is 6.53. The molecule has 1 aliphatic rings. The molecule has 0 bridgehead atoms. The lowest BCUT2D eigenvalue weighted by Crippen LogP contribution is -2.15. The predicted octanol–water partition coefficient (Wildman–Crippen LogP) is 7.98. The van der Waals surface area contributed by atoms with Gasteiger partial charge in [-0.2, -0.15) is 0 Å². The zero-order valence-electron chi connectivity index (χ0n) is 16.5. The Morgan fingerprint density at radius 2 is 1.47 bits per heavy atom. The molecule has 6 rings (SSSR count). The Kier molecular flexibility index (Phi) is 3.68. The summed E-state index contributed by atoms with van der Waals surface area (Å²) < 4.78 is 12.7. The van der Waals surface area contributed by atoms with Crippen LogP contribution in [0.1, 0.15) is 5.56 Å². The number of ether oxygens (including phenoxy) is 1. The first-order valence-electron chi connectivity index (χ1n) is 10.0. The van der Waals surface area contributed by atoms with E-state index in [9.17, 15) is 0 Å². The van der Waals surface area contributed by atoms with E-state index in [1.807, 2.05) is 48.5 Å². The highest BCUT2D eigenvalue weighted by molar-refractivity contribution is 5.98. The molecule has 1 aliphatic heterocycles. The quantitative estimate of drug-likeness (QED) is 0.300. The topological polar surface area (TPSA) is 25.6 Å². The van der Waals surface area contributed by atoms with Crippen LogP contribution in [0.4, 0.5) is 17.3 Å². The van der Waals surface area contributed by atoms with Gasteiger partial charge in [-0.15, -0.1) is 0 Å². The summed E-state index contributed by atoms with van der Waals surface area (Å²) in [7, 11) is 0. The fourth-order valence-electron chi connectivity index (χ4n) is 4.14. The van der Waals surface area contributed by atoms with Gasteiger partial charge in [-0.05, 0) is 48.9 Å². The van der Waals surface area contributed by atoms with Crippen LogP contribution in [0.25, 0.3) is 22.1 Å². The standard InChI is InChI=1S/C27H19NO2/c1-18-15-16-22(21(17-18)19-9-3-2-4-10-19)28-23-12-6-8-14-25(23)29-26-20-11-5-7-13-24(20)30-27(26)28/h2-17H,1H3. The minimum absolute atomic E-state index is 0.705. The van der Waals surface area contributed by atoms with Crippen molar-refractivity contribution in [2.45, 2.75) is 6.92 Å². The Labute approximate surface area is 174 Å². The fourth-order valence-corrected chi connectivity index (χ4v) is 4.14. The molecular formula is C27H19NO2. The number of benzene rings is 4. The Morgan fingerprint density at radius 1 is 0.700 bits per heavy atom. The van der Waals surface area contributed by atoms with E-state index in [0.29, 0.717) is 5.88 Å². The van der Waals surface area contributed by atoms with E-state index in [0.717, 1.165) is 45.0 Å². The molecule has 0 saturated heterocycles. The molecule has 4 aromatic carbocycles. The number of para-hydroxylation sites is 3. The minimum Gasteiger partial charge on any atom is -0.449 e. The smallest absolute Gasteiger partial charge is 0.249 e. The van der Waals surface area contributed by atoms with Crippen molar-refractivity contribution in [3.63, 3.8) is 0 Å². The monoisotopic (exact) mass is 389 g/mol. The lowest BCUT2D eigenvalue weighted by atomic mass is 10.00. The van der Waals surface area contributed by atoms with Gasteiger partial charge in [-0.3, -0.25) is 4.90 Å². The third kappa shape index (κ3) is 2.52. The molecule has 3 nitrogen and oxygen atoms in total. The maximum Gasteiger partial charge on any atom is 0.249 e. The van der Waals surface area contributed by atoms with Crippen LogP contribution in [0.5, 0.6) is 11.5 Å². The summed E-state index contributed by atoms with van der Waals surface area (Å²) in [5.74, 6) is 2.27. The number of aryl methyl sites for hydroxylation is 1. The van der Waals surface area contributed by atoms with Gasteiger partial charge in [0.2, 0.25) is 5.88 Å². The Bertz CT molecular complexity index is 1380. The summed E-state index contributed by atoms with van der Waals surface area (Å²) in [5, 5.41) is 0.973. The van der Waals surface area contributed by atoms with E-state index in [4.69, 9.17) is 9.15 Å². The molecule has 2 heterocycles. The number of fused-ring (bicyclic) bond motifs is 4. The number of furan rings is 1. The van der Waals surface area contributed by atoms with Crippen molar-refractivity contribution < 1.29 is 9.15 Å². The van der Waals surface area contributed by atoms with Gasteiger partial charge in [0.05, 0.1) is 16.8 Å². The van der Waals surface area contributed by atoms with Crippen molar-refractivity contribution in [1.29, 1.82) is 0 Å². The van der Waals surface area contributed by atoms with E-state index in [2.05, 4.69) is 60.4 Å². The minimum atomic E-state index is 0.705. The largest absolute Gasteiger partial charge is 0.449 e. The molecule has 0 saturated carbocycles. The molecule has 144 valence electrons. The molecule has 0 amide bonds. The lowest BCUT2D eigenvalue weighted by Gasteiger charge is -2.31. The molecule has 0 fully saturated rings. The van der Waals surface area contributed by atoms with Crippen LogP contribution in [0, 0.1) is 6.92 Å². The molecule has 0 spiro atoms. The summed E-state index contributed by atoms with van der Waals surface area (Å²) in [6.07, 6.45) is 0. The van der Waals surface area contributed by atoms with Crippen LogP contribution in [0.3, 0.4) is 0 Å². The van der Waals surface area contributed by atoms with E-state index in [-0.39, 0.29) is 0 Å². The summed E-state index contributed by atoms with van der Waals surface area (Å²) in [5.41, 5.74) is 6.36. The first-order valence-corrected chi connectivity index (χ1v) is 10.0. The summed E-state index contributed by atoms with van der Waals surface area (Å²) in [6.45, 7) is 2.12. The Morgan fingerprint density at radius 3 is 2.37 bits per heavy atom. The second-order valence-corrected chi connectivity index (χ2v) is 7.52. The number of nitrogens with zero attached hydrogens (tertiary/aromatic N) is 1. The molecule has 0 unspecified atom stereocenters. The molecule has 1 aromatic heterocycles. The highest BCUT2D eigenvalue weighted by Crippen LogP contribution is 2.55. The molecule has 30 heavy (non-hydrogen) atoms. The van der Waals surface area contributed by atoms with E-state index in [1.54, 1.807) is 0 Å². The fraction of sp³-hybridized carbons (Fsp3) is 0.0370. The van der Waals surface area contributed by atoms with Crippen molar-refractivity contribution in [3.8, 4) is 22.6 Å². The Hall–Kier alpha value is -3.98. The number of anilines is 3. The van der Waals surface area contributed by atoms with Crippen LogP contribution in [0.2, 0.25) is 0 Å². The normalized spacial score (nSPS) is 12.4. The SMILES string of the molecule is Cc1ccc(N2c3ccccc3Oc3c2oc2ccccc32)c(-c2ccccc2)c1. The van der Waals surface area contributed by atoms with E-state index >= 15 is 0 Å². The van der Waals surface area contributed by atoms with Gasteiger partial charge in [-0.25, -0.2) is 0 Å². The van der Waals surface area contributed by atoms with Gasteiger partial charge in [0.15, 0.2) is 11.5 Å². The zero-order chi connectivity index (χ0) is 20.1. The molecular weight excluding hydrogens is 370 g/mol. The first-order chi connectivity index (χ1) is 14.8. The van der Waals surface area contributed by atoms with Gasteiger partial charge in [0.1, 0.15) is 5.58 Å². The van der Waals surface area contributed by atoms with E-state index in [1.165, 1.54) is 5.56 Å². The summed E-state index contributed by atoms with van der Waals surface area (Å²) in [6, 6.07) is 33.1. The molecule has 0 aliphatic carbocycles. The van der Waals surface area contributed by atoms with E-state index < -0.39 is 0 Å². The predicted molar refractivity (Wildman–Crippen MR) is 121 cm³/mol. The zero-order valence-corrected chi connectivity index (χ0v) is 16.5. The molecule has 5 aromatic rings. The first kappa shape index (κ1) is 16.9. The highest BCUT2D eigenvalue weighted by atomic mass is 16.5. The van der Waals surface area contributed by atoms with Crippen molar-refractivity contribution in [2.24, 2.45) is 0 Å². The number of hydrogen-bond donors (Lipinski definition) is 0. The summed E-state index contributed by atoms with van der Waals surface area (Å²) >= 11 is 0. The van der Waals surface area contributed by atoms with Crippen LogP contribution in [-0.4, -0.2) is 0 Å². The van der Waals surface area contributed by atoms with Gasteiger partial charge in [0.25, 0.3) is 0 Å². The van der Waals surface area contributed by atoms with Gasteiger partial charge in [-0.1, -0.05) is 66.2 Å².